The third kappa shape index (κ3) is 1.34. The second-order valence-electron chi connectivity index (χ2n) is 4.59. The number of nitrogens with zero attached hydrogens (tertiary/aromatic N) is 1. The second kappa shape index (κ2) is 3.22. The summed E-state index contributed by atoms with van der Waals surface area (Å²) in [4.78, 5) is 2.44. The van der Waals surface area contributed by atoms with Crippen molar-refractivity contribution < 1.29 is 5.11 Å². The van der Waals surface area contributed by atoms with Gasteiger partial charge in [0, 0.05) is 18.6 Å². The fourth-order valence-electron chi connectivity index (χ4n) is 2.94. The molecule has 1 aromatic carbocycles. The van der Waals surface area contributed by atoms with Crippen LogP contribution in [0, 0.1) is 0 Å². The lowest BCUT2D eigenvalue weighted by molar-refractivity contribution is 0.197. The first-order chi connectivity index (χ1) is 7.25. The number of hydrogen-bond acceptors (Lipinski definition) is 3. The van der Waals surface area contributed by atoms with Crippen molar-refractivity contribution in [2.24, 2.45) is 5.73 Å². The first-order valence-corrected chi connectivity index (χ1v) is 5.57. The fourth-order valence-corrected chi connectivity index (χ4v) is 2.94. The van der Waals surface area contributed by atoms with E-state index in [0.29, 0.717) is 11.8 Å². The van der Waals surface area contributed by atoms with Gasteiger partial charge in [-0.05, 0) is 42.6 Å². The third-order valence-electron chi connectivity index (χ3n) is 3.69. The van der Waals surface area contributed by atoms with Gasteiger partial charge in [-0.2, -0.15) is 0 Å². The number of fused-ring (bicyclic) bond motifs is 2. The number of benzene rings is 1. The van der Waals surface area contributed by atoms with Gasteiger partial charge in [-0.15, -0.1) is 0 Å². The molecule has 2 aliphatic heterocycles. The van der Waals surface area contributed by atoms with Crippen LogP contribution >= 0.6 is 0 Å². The van der Waals surface area contributed by atoms with E-state index >= 15 is 0 Å². The zero-order valence-electron chi connectivity index (χ0n) is 8.69. The van der Waals surface area contributed by atoms with Crippen molar-refractivity contribution >= 4 is 0 Å². The van der Waals surface area contributed by atoms with Crippen LogP contribution in [0.5, 0.6) is 5.75 Å². The predicted molar refractivity (Wildman–Crippen MR) is 58.5 cm³/mol. The summed E-state index contributed by atoms with van der Waals surface area (Å²) < 4.78 is 0. The summed E-state index contributed by atoms with van der Waals surface area (Å²) in [6.07, 6.45) is 2.46. The molecule has 2 heterocycles. The van der Waals surface area contributed by atoms with Gasteiger partial charge in [0.25, 0.3) is 0 Å². The Hall–Kier alpha value is -1.06. The maximum absolute atomic E-state index is 9.46. The van der Waals surface area contributed by atoms with Crippen molar-refractivity contribution in [2.45, 2.75) is 31.5 Å². The van der Waals surface area contributed by atoms with Gasteiger partial charge in [0.1, 0.15) is 5.75 Å². The first kappa shape index (κ1) is 9.19. The average molecular weight is 204 g/mol. The molecule has 15 heavy (non-hydrogen) atoms. The van der Waals surface area contributed by atoms with Crippen molar-refractivity contribution in [1.29, 1.82) is 0 Å². The minimum atomic E-state index is 0.122. The van der Waals surface area contributed by atoms with Gasteiger partial charge in [-0.1, -0.05) is 6.07 Å². The van der Waals surface area contributed by atoms with Gasteiger partial charge in [0.15, 0.2) is 0 Å². The molecule has 80 valence electrons. The lowest BCUT2D eigenvalue weighted by atomic mass is 9.90. The molecule has 2 atom stereocenters. The highest BCUT2D eigenvalue weighted by Gasteiger charge is 2.35. The van der Waals surface area contributed by atoms with Crippen LogP contribution in [0.4, 0.5) is 0 Å². The van der Waals surface area contributed by atoms with Gasteiger partial charge >= 0.3 is 0 Å². The third-order valence-corrected chi connectivity index (χ3v) is 3.69. The van der Waals surface area contributed by atoms with E-state index in [1.54, 1.807) is 6.07 Å². The maximum atomic E-state index is 9.46. The Labute approximate surface area is 89.5 Å². The first-order valence-electron chi connectivity index (χ1n) is 5.57. The Kier molecular flexibility index (Phi) is 1.97. The summed E-state index contributed by atoms with van der Waals surface area (Å²) in [7, 11) is 0. The molecule has 0 bridgehead atoms. The molecule has 0 saturated carbocycles. The molecule has 1 unspecified atom stereocenters. The summed E-state index contributed by atoms with van der Waals surface area (Å²) in [5.41, 5.74) is 8.67. The predicted octanol–water partition coefficient (Wildman–Crippen LogP) is 1.37. The molecule has 2 aliphatic rings. The van der Waals surface area contributed by atoms with Crippen LogP contribution in [0.3, 0.4) is 0 Å². The quantitative estimate of drug-likeness (QED) is 0.671. The van der Waals surface area contributed by atoms with E-state index in [2.05, 4.69) is 4.90 Å². The highest BCUT2D eigenvalue weighted by molar-refractivity contribution is 5.39. The minimum Gasteiger partial charge on any atom is -0.508 e. The zero-order valence-corrected chi connectivity index (χ0v) is 8.69. The molecule has 3 N–H and O–H groups in total. The summed E-state index contributed by atoms with van der Waals surface area (Å²) in [5, 5.41) is 9.46. The van der Waals surface area contributed by atoms with Crippen LogP contribution in [0.2, 0.25) is 0 Å². The Morgan fingerprint density at radius 3 is 3.13 bits per heavy atom. The summed E-state index contributed by atoms with van der Waals surface area (Å²) in [6.45, 7) is 2.09. The van der Waals surface area contributed by atoms with Gasteiger partial charge in [-0.25, -0.2) is 0 Å². The van der Waals surface area contributed by atoms with Gasteiger partial charge in [0.2, 0.25) is 0 Å². The van der Waals surface area contributed by atoms with Crippen LogP contribution in [0.15, 0.2) is 18.2 Å². The van der Waals surface area contributed by atoms with Crippen LogP contribution in [0.25, 0.3) is 0 Å². The second-order valence-corrected chi connectivity index (χ2v) is 4.59. The van der Waals surface area contributed by atoms with E-state index < -0.39 is 0 Å². The molecular formula is C12H16N2O. The molecule has 3 rings (SSSR count). The molecule has 1 saturated heterocycles. The largest absolute Gasteiger partial charge is 0.508 e. The summed E-state index contributed by atoms with van der Waals surface area (Å²) in [5.74, 6) is 0.346. The Morgan fingerprint density at radius 1 is 1.40 bits per heavy atom. The van der Waals surface area contributed by atoms with Gasteiger partial charge in [-0.3, -0.25) is 4.90 Å². The Morgan fingerprint density at radius 2 is 2.27 bits per heavy atom. The van der Waals surface area contributed by atoms with Crippen LogP contribution < -0.4 is 5.73 Å². The average Bonchev–Trinajstić information content (AvgIpc) is 2.65. The molecule has 0 amide bonds. The van der Waals surface area contributed by atoms with Crippen LogP contribution in [-0.4, -0.2) is 22.6 Å². The number of phenols is 1. The Bertz CT molecular complexity index is 391. The van der Waals surface area contributed by atoms with Crippen molar-refractivity contribution in [3.05, 3.63) is 29.3 Å². The van der Waals surface area contributed by atoms with Gasteiger partial charge in [0.05, 0.1) is 0 Å². The highest BCUT2D eigenvalue weighted by Crippen LogP contribution is 2.36. The van der Waals surface area contributed by atoms with Crippen molar-refractivity contribution in [1.82, 2.24) is 4.90 Å². The number of phenolic OH excluding ortho intramolecular Hbond substituents is 1. The topological polar surface area (TPSA) is 49.5 Å². The molecule has 0 aliphatic carbocycles. The van der Waals surface area contributed by atoms with Crippen molar-refractivity contribution in [3.63, 3.8) is 0 Å². The lowest BCUT2D eigenvalue weighted by Crippen LogP contribution is -2.42. The van der Waals surface area contributed by atoms with E-state index in [-0.39, 0.29) is 6.04 Å². The van der Waals surface area contributed by atoms with Crippen LogP contribution in [0.1, 0.15) is 30.0 Å². The normalized spacial score (nSPS) is 29.9. The Balaban J connectivity index is 2.04. The smallest absolute Gasteiger partial charge is 0.115 e. The number of aromatic hydroxyl groups is 1. The SMILES string of the molecule is NC1c2ccc(O)cc2CN2CCC[C@@H]12. The van der Waals surface area contributed by atoms with E-state index in [1.807, 2.05) is 12.1 Å². The van der Waals surface area contributed by atoms with E-state index in [4.69, 9.17) is 5.73 Å². The van der Waals surface area contributed by atoms with Crippen molar-refractivity contribution in [2.75, 3.05) is 6.54 Å². The molecule has 0 radical (unpaired) electrons. The lowest BCUT2D eigenvalue weighted by Gasteiger charge is -2.36. The number of rotatable bonds is 0. The molecule has 0 aromatic heterocycles. The van der Waals surface area contributed by atoms with E-state index in [9.17, 15) is 5.11 Å². The number of hydrogen-bond donors (Lipinski definition) is 2. The molecule has 1 aromatic rings. The van der Waals surface area contributed by atoms with E-state index in [0.717, 1.165) is 13.1 Å². The zero-order chi connectivity index (χ0) is 10.4. The molecule has 3 heteroatoms. The van der Waals surface area contributed by atoms with Crippen molar-refractivity contribution in [3.8, 4) is 5.75 Å². The van der Waals surface area contributed by atoms with Gasteiger partial charge < -0.3 is 10.8 Å². The fraction of sp³-hybridized carbons (Fsp3) is 0.500. The van der Waals surface area contributed by atoms with Crippen LogP contribution in [-0.2, 0) is 6.54 Å². The van der Waals surface area contributed by atoms with E-state index in [1.165, 1.54) is 24.0 Å². The molecule has 0 spiro atoms. The number of nitrogens with two attached hydrogens (primary N) is 1. The molecular weight excluding hydrogens is 188 g/mol. The minimum absolute atomic E-state index is 0.122. The monoisotopic (exact) mass is 204 g/mol. The summed E-state index contributed by atoms with van der Waals surface area (Å²) in [6, 6.07) is 6.21. The maximum Gasteiger partial charge on any atom is 0.115 e. The molecule has 1 fully saturated rings. The molecule has 3 nitrogen and oxygen atoms in total. The summed E-state index contributed by atoms with van der Waals surface area (Å²) >= 11 is 0. The standard InChI is InChI=1S/C12H16N2O/c13-12-10-4-3-9(15)6-8(10)7-14-5-1-2-11(12)14/h3-4,6,11-12,15H,1-2,5,7,13H2/t11-,12?/m0/s1. The highest BCUT2D eigenvalue weighted by atomic mass is 16.3.